The fourth-order valence-corrected chi connectivity index (χ4v) is 10.9. The first-order chi connectivity index (χ1) is 20.9. The Morgan fingerprint density at radius 1 is 1.23 bits per heavy atom. The summed E-state index contributed by atoms with van der Waals surface area (Å²) in [6.07, 6.45) is -3.79. The van der Waals surface area contributed by atoms with Gasteiger partial charge in [-0.25, -0.2) is 24.3 Å². The lowest BCUT2D eigenvalue weighted by molar-refractivity contribution is -0.0387. The molecule has 0 radical (unpaired) electrons. The highest BCUT2D eigenvalue weighted by Gasteiger charge is 2.55. The number of nitrogens with two attached hydrogens (primary N) is 2. The first-order valence-corrected chi connectivity index (χ1v) is 18.6. The van der Waals surface area contributed by atoms with Crippen LogP contribution in [0.15, 0.2) is 23.8 Å². The summed E-state index contributed by atoms with van der Waals surface area (Å²) in [5, 5.41) is 19.3. The lowest BCUT2D eigenvalue weighted by atomic mass is 10.1. The molecule has 0 bridgehead atoms. The van der Waals surface area contributed by atoms with Gasteiger partial charge in [-0.1, -0.05) is 0 Å². The summed E-state index contributed by atoms with van der Waals surface area (Å²) in [4.78, 5) is 46.5. The van der Waals surface area contributed by atoms with Crippen LogP contribution in [0.3, 0.4) is 0 Å². The standard InChI is InChI=1S/C20H23FN10O8P2S3/c21-8-12(39-40(35)42)6(38-18(8)30-4-26-9-14(22)24-3-25-15(9)30)2-37-41(36,43)13-11(33)7(1-32)44-19(13)31-5-27-10-16(31)28-20(23)29-17(10)34/h3-8,11-13,18-19,32-33H,1-2H2,(H6-,22,23,24,25,28,29,34,35,36,42,43)/p+1/t6-,7-,8+,11-,12-,13-,18-,19-,41?/m1/s1. The van der Waals surface area contributed by atoms with E-state index >= 15 is 4.39 Å². The van der Waals surface area contributed by atoms with E-state index in [1.807, 2.05) is 0 Å². The minimum absolute atomic E-state index is 0.0491. The molecular formula is C20H24FN10O8P2S3+. The van der Waals surface area contributed by atoms with Gasteiger partial charge in [0.25, 0.3) is 5.56 Å². The Hall–Kier alpha value is -2.36. The molecule has 236 valence electrons. The van der Waals surface area contributed by atoms with E-state index < -0.39 is 79.5 Å². The Kier molecular flexibility index (Phi) is 8.70. The van der Waals surface area contributed by atoms with Gasteiger partial charge in [-0.2, -0.15) is 4.98 Å². The number of thioether (sulfide) groups is 1. The van der Waals surface area contributed by atoms with Crippen LogP contribution in [-0.4, -0.2) is 103 Å². The van der Waals surface area contributed by atoms with Gasteiger partial charge >= 0.3 is 7.23 Å². The molecule has 2 fully saturated rings. The second kappa shape index (κ2) is 12.1. The fraction of sp³-hybridized carbons (Fsp3) is 0.500. The smallest absolute Gasteiger partial charge is 0.395 e. The number of thiol groups is 1. The molecule has 0 amide bonds. The Bertz CT molecular complexity index is 1850. The molecule has 0 spiro atoms. The number of hydrogen-bond acceptors (Lipinski definition) is 16. The highest BCUT2D eigenvalue weighted by molar-refractivity contribution is 8.39. The number of anilines is 2. The topological polar surface area (TPSA) is 265 Å². The Balaban J connectivity index is 1.29. The number of nitrogens with one attached hydrogen (secondary N) is 1. The van der Waals surface area contributed by atoms with Crippen molar-refractivity contribution in [2.45, 2.75) is 47.0 Å². The minimum Gasteiger partial charge on any atom is -0.395 e. The number of nitrogens with zero attached hydrogens (tertiary/aromatic N) is 7. The first kappa shape index (κ1) is 31.6. The number of halogens is 1. The zero-order chi connectivity index (χ0) is 31.5. The van der Waals surface area contributed by atoms with Crippen molar-refractivity contribution in [3.8, 4) is 0 Å². The molecule has 24 heteroatoms. The molecule has 44 heavy (non-hydrogen) atoms. The maximum atomic E-state index is 15.8. The molecule has 10 atom stereocenters. The van der Waals surface area contributed by atoms with Gasteiger partial charge in [-0.15, -0.1) is 16.3 Å². The number of aliphatic hydroxyl groups excluding tert-OH is 2. The van der Waals surface area contributed by atoms with E-state index in [0.717, 1.165) is 11.8 Å². The maximum Gasteiger partial charge on any atom is 0.582 e. The van der Waals surface area contributed by atoms with Crippen LogP contribution in [0.4, 0.5) is 16.2 Å². The lowest BCUT2D eigenvalue weighted by Crippen LogP contribution is -2.36. The van der Waals surface area contributed by atoms with E-state index in [4.69, 9.17) is 37.1 Å². The number of H-pyrrole nitrogens is 1. The van der Waals surface area contributed by atoms with E-state index in [2.05, 4.69) is 42.2 Å². The third-order valence-electron chi connectivity index (χ3n) is 7.18. The largest absolute Gasteiger partial charge is 0.582 e. The average Bonchev–Trinajstić information content (AvgIpc) is 3.72. The molecule has 4 aromatic rings. The molecule has 4 aromatic heterocycles. The van der Waals surface area contributed by atoms with E-state index in [1.165, 1.54) is 28.1 Å². The van der Waals surface area contributed by atoms with Crippen LogP contribution in [0.5, 0.6) is 0 Å². The van der Waals surface area contributed by atoms with Crippen molar-refractivity contribution in [1.29, 1.82) is 0 Å². The normalized spacial score (nSPS) is 30.7. The molecule has 0 saturated carbocycles. The lowest BCUT2D eigenvalue weighted by Gasteiger charge is -2.30. The minimum atomic E-state index is -4.05. The molecule has 2 unspecified atom stereocenters. The molecule has 6 heterocycles. The van der Waals surface area contributed by atoms with Crippen LogP contribution < -0.4 is 17.0 Å². The van der Waals surface area contributed by atoms with Gasteiger partial charge in [0.2, 0.25) is 5.95 Å². The van der Waals surface area contributed by atoms with Crippen molar-refractivity contribution in [3.63, 3.8) is 0 Å². The van der Waals surface area contributed by atoms with Crippen LogP contribution in [0, 0.1) is 0 Å². The highest BCUT2D eigenvalue weighted by Crippen LogP contribution is 2.62. The molecule has 2 aliphatic rings. The maximum absolute atomic E-state index is 15.8. The van der Waals surface area contributed by atoms with E-state index in [0.29, 0.717) is 0 Å². The molecule has 6 rings (SSSR count). The van der Waals surface area contributed by atoms with Crippen molar-refractivity contribution in [3.05, 3.63) is 29.3 Å². The average molecular weight is 710 g/mol. The van der Waals surface area contributed by atoms with E-state index in [-0.39, 0.29) is 34.1 Å². The molecule has 0 aromatic carbocycles. The first-order valence-electron chi connectivity index (χ1n) is 12.6. The van der Waals surface area contributed by atoms with Crippen LogP contribution in [-0.2, 0) is 30.2 Å². The van der Waals surface area contributed by atoms with E-state index in [9.17, 15) is 24.5 Å². The number of ether oxygens (including phenoxy) is 1. The zero-order valence-electron chi connectivity index (χ0n) is 22.0. The number of aromatic amines is 1. The monoisotopic (exact) mass is 709 g/mol. The van der Waals surface area contributed by atoms with Crippen molar-refractivity contribution in [2.75, 3.05) is 24.7 Å². The number of aromatic nitrogens is 8. The third-order valence-corrected chi connectivity index (χ3v) is 12.6. The quantitative estimate of drug-likeness (QED) is 0.0889. The Morgan fingerprint density at radius 3 is 2.68 bits per heavy atom. The number of rotatable bonds is 9. The number of nitrogen functional groups attached to an aromatic ring is 2. The fourth-order valence-electron chi connectivity index (χ4n) is 5.20. The summed E-state index contributed by atoms with van der Waals surface area (Å²) >= 11 is 10.3. The van der Waals surface area contributed by atoms with Crippen molar-refractivity contribution in [1.82, 2.24) is 39.0 Å². The molecular weight excluding hydrogens is 685 g/mol. The summed E-state index contributed by atoms with van der Waals surface area (Å²) in [5.74, 6) is -0.129. The van der Waals surface area contributed by atoms with Gasteiger partial charge in [0.15, 0.2) is 47.6 Å². The molecule has 18 nitrogen and oxygen atoms in total. The van der Waals surface area contributed by atoms with Crippen molar-refractivity contribution >= 4 is 83.6 Å². The molecule has 2 aliphatic heterocycles. The second-order valence-corrected chi connectivity index (χ2v) is 16.3. The highest BCUT2D eigenvalue weighted by atomic mass is 32.7. The summed E-state index contributed by atoms with van der Waals surface area (Å²) in [6.45, 7) is -5.09. The van der Waals surface area contributed by atoms with Gasteiger partial charge in [-0.05, 0) is 16.4 Å². The van der Waals surface area contributed by atoms with Crippen LogP contribution in [0.2, 0.25) is 0 Å². The van der Waals surface area contributed by atoms with Gasteiger partial charge in [0.1, 0.15) is 30.2 Å². The van der Waals surface area contributed by atoms with Gasteiger partial charge in [0.05, 0.1) is 48.3 Å². The number of imidazole rings is 2. The van der Waals surface area contributed by atoms with Crippen molar-refractivity contribution < 1.29 is 37.8 Å². The summed E-state index contributed by atoms with van der Waals surface area (Å²) in [5.41, 5.74) is 10.1. The molecule has 2 saturated heterocycles. The predicted octanol–water partition coefficient (Wildman–Crippen LogP) is -0.0140. The number of alkyl halides is 1. The Morgan fingerprint density at radius 2 is 1.95 bits per heavy atom. The third kappa shape index (κ3) is 5.51. The molecule has 8 N–H and O–H groups in total. The van der Waals surface area contributed by atoms with Crippen LogP contribution in [0.25, 0.3) is 22.3 Å². The number of aliphatic hydroxyl groups is 2. The number of hydrogen-bond donors (Lipinski definition) is 7. The predicted molar refractivity (Wildman–Crippen MR) is 162 cm³/mol. The summed E-state index contributed by atoms with van der Waals surface area (Å²) < 4.78 is 47.3. The second-order valence-electron chi connectivity index (χ2n) is 9.76. The number of fused-ring (bicyclic) bond motifs is 2. The Labute approximate surface area is 260 Å². The van der Waals surface area contributed by atoms with Gasteiger partial charge < -0.3 is 40.4 Å². The van der Waals surface area contributed by atoms with Crippen LogP contribution in [0.1, 0.15) is 11.6 Å². The zero-order valence-corrected chi connectivity index (χ0v) is 26.3. The van der Waals surface area contributed by atoms with Crippen molar-refractivity contribution in [2.24, 2.45) is 0 Å². The SMILES string of the molecule is Nc1nc2c(ncn2[C@@H]2S[C@H](CO)[C@@H](O)[C@H]2P(O)(=S)OC[C@H]2O[C@@H](n3cnc4c(N)ncnc43)[C@@H](F)[C@@H]2O[P+](=O)S)c(=O)[nH]1. The molecule has 0 aliphatic carbocycles. The van der Waals surface area contributed by atoms with Gasteiger partial charge in [0, 0.05) is 0 Å². The summed E-state index contributed by atoms with van der Waals surface area (Å²) in [6, 6.07) is 0. The summed E-state index contributed by atoms with van der Waals surface area (Å²) in [7, 11) is -2.61. The van der Waals surface area contributed by atoms with Crippen LogP contribution >= 0.6 is 37.7 Å². The van der Waals surface area contributed by atoms with E-state index in [1.54, 1.807) is 0 Å². The van der Waals surface area contributed by atoms with Gasteiger partial charge in [-0.3, -0.25) is 14.3 Å².